The Balaban J connectivity index is 1.30. The first-order chi connectivity index (χ1) is 21.6. The topological polar surface area (TPSA) is 65.0 Å². The maximum Gasteiger partial charge on any atom is 0.409 e. The third kappa shape index (κ3) is 6.73. The molecule has 0 unspecified atom stereocenters. The number of halogens is 3. The third-order valence-electron chi connectivity index (χ3n) is 9.48. The number of benzene rings is 2. The van der Waals surface area contributed by atoms with E-state index in [0.29, 0.717) is 57.3 Å². The fourth-order valence-electron chi connectivity index (χ4n) is 7.00. The van der Waals surface area contributed by atoms with Gasteiger partial charge >= 0.3 is 12.2 Å². The number of alkyl halides is 3. The number of carbonyl (C=O) groups is 1. The highest BCUT2D eigenvalue weighted by Crippen LogP contribution is 2.36. The highest BCUT2D eigenvalue weighted by atomic mass is 19.4. The summed E-state index contributed by atoms with van der Waals surface area (Å²) in [6.45, 7) is 8.29. The standard InChI is InChI=1S/C34H41F3N6O2/c1-4-25-20-42(18-19-43(25)30(44)13-15-34(35,36)37)32-27-14-17-41(29-12-6-10-24-9-5-8-23(2)31(24)29)21-28(27)38-33(39-32)45-22-26-11-7-16-40(26)3/h5-6,8-10,12-13,15,25-26H,4,7,11,14,16-22H2,1-3H3/b15-13+/t25-,26-/m0/s1. The van der Waals surface area contributed by atoms with Crippen molar-refractivity contribution in [1.29, 1.82) is 0 Å². The molecule has 0 N–H and O–H groups in total. The summed E-state index contributed by atoms with van der Waals surface area (Å²) in [5.41, 5.74) is 4.40. The highest BCUT2D eigenvalue weighted by molar-refractivity contribution is 5.97. The Morgan fingerprint density at radius 2 is 1.84 bits per heavy atom. The first kappa shape index (κ1) is 31.1. The fourth-order valence-corrected chi connectivity index (χ4v) is 7.00. The van der Waals surface area contributed by atoms with Crippen LogP contribution in [0.3, 0.4) is 0 Å². The molecule has 6 rings (SSSR count). The van der Waals surface area contributed by atoms with Gasteiger partial charge in [0.2, 0.25) is 5.91 Å². The largest absolute Gasteiger partial charge is 0.462 e. The lowest BCUT2D eigenvalue weighted by atomic mass is 9.99. The average Bonchev–Trinajstić information content (AvgIpc) is 3.45. The van der Waals surface area contributed by atoms with Crippen molar-refractivity contribution in [2.75, 3.05) is 56.2 Å². The lowest BCUT2D eigenvalue weighted by Gasteiger charge is -2.42. The molecule has 2 aromatic carbocycles. The van der Waals surface area contributed by atoms with Crippen LogP contribution >= 0.6 is 0 Å². The fraction of sp³-hybridized carbons (Fsp3) is 0.500. The van der Waals surface area contributed by atoms with E-state index < -0.39 is 12.1 Å². The molecule has 1 aromatic heterocycles. The summed E-state index contributed by atoms with van der Waals surface area (Å²) < 4.78 is 44.6. The minimum atomic E-state index is -4.53. The number of hydrogen-bond acceptors (Lipinski definition) is 7. The highest BCUT2D eigenvalue weighted by Gasteiger charge is 2.34. The number of aryl methyl sites for hydroxylation is 1. The maximum atomic E-state index is 12.8. The molecule has 0 bridgehead atoms. The number of nitrogens with zero attached hydrogens (tertiary/aromatic N) is 6. The summed E-state index contributed by atoms with van der Waals surface area (Å²) in [4.78, 5) is 31.0. The number of rotatable bonds is 7. The molecule has 0 spiro atoms. The SMILES string of the molecule is CC[C@H]1CN(c2nc(OC[C@@H]3CCCN3C)nc3c2CCN(c2cccc4cccc(C)c24)C3)CCN1C(=O)/C=C/C(F)(F)F. The van der Waals surface area contributed by atoms with Crippen molar-refractivity contribution in [3.63, 3.8) is 0 Å². The van der Waals surface area contributed by atoms with Crippen LogP contribution in [0.25, 0.3) is 10.8 Å². The molecule has 11 heteroatoms. The molecular weight excluding hydrogens is 581 g/mol. The minimum Gasteiger partial charge on any atom is -0.462 e. The Morgan fingerprint density at radius 3 is 2.58 bits per heavy atom. The second-order valence-corrected chi connectivity index (χ2v) is 12.4. The van der Waals surface area contributed by atoms with Crippen LogP contribution in [-0.4, -0.2) is 90.3 Å². The van der Waals surface area contributed by atoms with Gasteiger partial charge in [0.15, 0.2) is 0 Å². The Labute approximate surface area is 262 Å². The number of fused-ring (bicyclic) bond motifs is 2. The zero-order valence-corrected chi connectivity index (χ0v) is 26.2. The van der Waals surface area contributed by atoms with E-state index in [1.807, 2.05) is 6.92 Å². The average molecular weight is 623 g/mol. The molecule has 240 valence electrons. The minimum absolute atomic E-state index is 0.0177. The second-order valence-electron chi connectivity index (χ2n) is 12.4. The van der Waals surface area contributed by atoms with E-state index in [0.717, 1.165) is 49.4 Å². The molecule has 2 atom stereocenters. The van der Waals surface area contributed by atoms with Gasteiger partial charge in [-0.05, 0) is 63.2 Å². The Bertz CT molecular complexity index is 1570. The third-order valence-corrected chi connectivity index (χ3v) is 9.48. The number of allylic oxidation sites excluding steroid dienone is 1. The zero-order valence-electron chi connectivity index (χ0n) is 26.2. The number of hydrogen-bond donors (Lipinski definition) is 0. The van der Waals surface area contributed by atoms with E-state index in [1.54, 1.807) is 4.90 Å². The summed E-state index contributed by atoms with van der Waals surface area (Å²) in [7, 11) is 2.11. The number of ether oxygens (including phenoxy) is 1. The number of piperazine rings is 1. The predicted molar refractivity (Wildman–Crippen MR) is 170 cm³/mol. The van der Waals surface area contributed by atoms with Gasteiger partial charge in [-0.1, -0.05) is 37.3 Å². The van der Waals surface area contributed by atoms with Crippen molar-refractivity contribution in [2.24, 2.45) is 0 Å². The molecule has 3 aromatic rings. The van der Waals surface area contributed by atoms with E-state index in [-0.39, 0.29) is 12.1 Å². The Hall–Kier alpha value is -3.86. The molecule has 8 nitrogen and oxygen atoms in total. The molecule has 3 aliphatic heterocycles. The van der Waals surface area contributed by atoms with Crippen molar-refractivity contribution < 1.29 is 22.7 Å². The quantitative estimate of drug-likeness (QED) is 0.322. The molecule has 4 heterocycles. The normalized spacial score (nSPS) is 21.2. The van der Waals surface area contributed by atoms with Crippen molar-refractivity contribution in [3.05, 3.63) is 65.4 Å². The van der Waals surface area contributed by atoms with Gasteiger partial charge in [-0.25, -0.2) is 0 Å². The van der Waals surface area contributed by atoms with Crippen molar-refractivity contribution in [2.45, 2.75) is 64.3 Å². The van der Waals surface area contributed by atoms with Gasteiger partial charge < -0.3 is 24.3 Å². The van der Waals surface area contributed by atoms with Gasteiger partial charge in [-0.2, -0.15) is 23.1 Å². The lowest BCUT2D eigenvalue weighted by molar-refractivity contribution is -0.129. The monoisotopic (exact) mass is 622 g/mol. The summed E-state index contributed by atoms with van der Waals surface area (Å²) in [5, 5.41) is 2.44. The van der Waals surface area contributed by atoms with Gasteiger partial charge in [-0.3, -0.25) is 4.79 Å². The molecule has 2 fully saturated rings. The van der Waals surface area contributed by atoms with Crippen LogP contribution in [0.5, 0.6) is 6.01 Å². The number of likely N-dealkylation sites (tertiary alicyclic amines) is 1. The molecule has 3 aliphatic rings. The van der Waals surface area contributed by atoms with Gasteiger partial charge in [0.05, 0.1) is 12.2 Å². The molecule has 0 radical (unpaired) electrons. The van der Waals surface area contributed by atoms with E-state index in [9.17, 15) is 18.0 Å². The van der Waals surface area contributed by atoms with Crippen LogP contribution in [0.2, 0.25) is 0 Å². The van der Waals surface area contributed by atoms with Crippen LogP contribution in [0.15, 0.2) is 48.6 Å². The van der Waals surface area contributed by atoms with Crippen LogP contribution in [0, 0.1) is 6.92 Å². The first-order valence-electron chi connectivity index (χ1n) is 15.9. The smallest absolute Gasteiger partial charge is 0.409 e. The number of likely N-dealkylation sites (N-methyl/N-ethyl adjacent to an activating group) is 1. The van der Waals surface area contributed by atoms with Gasteiger partial charge in [-0.15, -0.1) is 0 Å². The van der Waals surface area contributed by atoms with E-state index in [4.69, 9.17) is 14.7 Å². The summed E-state index contributed by atoms with van der Waals surface area (Å²) >= 11 is 0. The number of aromatic nitrogens is 2. The van der Waals surface area contributed by atoms with Crippen LogP contribution in [0.4, 0.5) is 24.7 Å². The van der Waals surface area contributed by atoms with Crippen molar-refractivity contribution in [3.8, 4) is 6.01 Å². The van der Waals surface area contributed by atoms with Gasteiger partial charge in [0.25, 0.3) is 0 Å². The van der Waals surface area contributed by atoms with Crippen molar-refractivity contribution >= 4 is 28.2 Å². The number of carbonyl (C=O) groups excluding carboxylic acids is 1. The van der Waals surface area contributed by atoms with E-state index in [2.05, 4.69) is 65.1 Å². The molecular formula is C34H41F3N6O2. The van der Waals surface area contributed by atoms with E-state index in [1.165, 1.54) is 22.0 Å². The molecule has 0 aliphatic carbocycles. The summed E-state index contributed by atoms with van der Waals surface area (Å²) in [6.07, 6.45) is -0.311. The first-order valence-corrected chi connectivity index (χ1v) is 15.9. The molecule has 0 saturated carbocycles. The Morgan fingerprint density at radius 1 is 1.04 bits per heavy atom. The van der Waals surface area contributed by atoms with Crippen LogP contribution < -0.4 is 14.5 Å². The number of amides is 1. The summed E-state index contributed by atoms with van der Waals surface area (Å²) in [5.74, 6) is 0.189. The van der Waals surface area contributed by atoms with Gasteiger partial charge in [0, 0.05) is 67.1 Å². The zero-order chi connectivity index (χ0) is 31.7. The second kappa shape index (κ2) is 12.9. The lowest BCUT2D eigenvalue weighted by Crippen LogP contribution is -2.55. The Kier molecular flexibility index (Phi) is 8.90. The van der Waals surface area contributed by atoms with Crippen LogP contribution in [-0.2, 0) is 17.8 Å². The predicted octanol–water partition coefficient (Wildman–Crippen LogP) is 5.52. The molecule has 45 heavy (non-hydrogen) atoms. The van der Waals surface area contributed by atoms with Crippen LogP contribution in [0.1, 0.15) is 43.0 Å². The van der Waals surface area contributed by atoms with Crippen molar-refractivity contribution in [1.82, 2.24) is 19.8 Å². The molecule has 2 saturated heterocycles. The maximum absolute atomic E-state index is 12.8. The molecule has 1 amide bonds. The van der Waals surface area contributed by atoms with E-state index >= 15 is 0 Å². The summed E-state index contributed by atoms with van der Waals surface area (Å²) in [6, 6.07) is 13.2. The van der Waals surface area contributed by atoms with Gasteiger partial charge in [0.1, 0.15) is 12.4 Å². The number of anilines is 2.